The predicted molar refractivity (Wildman–Crippen MR) is 66.4 cm³/mol. The van der Waals surface area contributed by atoms with Crippen LogP contribution >= 0.6 is 0 Å². The summed E-state index contributed by atoms with van der Waals surface area (Å²) in [4.78, 5) is 18.3. The lowest BCUT2D eigenvalue weighted by atomic mass is 10.0. The smallest absolute Gasteiger partial charge is 0.240 e. The van der Waals surface area contributed by atoms with Gasteiger partial charge < -0.3 is 10.2 Å². The second kappa shape index (κ2) is 5.77. The molecule has 0 saturated carbocycles. The van der Waals surface area contributed by atoms with E-state index >= 15 is 0 Å². The van der Waals surface area contributed by atoms with E-state index in [0.29, 0.717) is 6.54 Å². The fourth-order valence-corrected chi connectivity index (χ4v) is 2.22. The van der Waals surface area contributed by atoms with E-state index in [2.05, 4.69) is 10.3 Å². The average Bonchev–Trinajstić information content (AvgIpc) is 2.36. The standard InChI is InChI=1S/C13H19N3O/c1-2-14-12-7-5-9-16(13(12)17)10-11-6-3-4-8-15-11/h3-4,6,8,12,14H,2,5,7,9-10H2,1H3. The van der Waals surface area contributed by atoms with Gasteiger partial charge in [-0.15, -0.1) is 0 Å². The van der Waals surface area contributed by atoms with E-state index in [1.165, 1.54) is 0 Å². The van der Waals surface area contributed by atoms with Crippen molar-refractivity contribution >= 4 is 5.91 Å². The number of amides is 1. The molecule has 1 saturated heterocycles. The molecule has 1 fully saturated rings. The van der Waals surface area contributed by atoms with Gasteiger partial charge in [-0.2, -0.15) is 0 Å². The van der Waals surface area contributed by atoms with Gasteiger partial charge in [-0.1, -0.05) is 13.0 Å². The van der Waals surface area contributed by atoms with Crippen molar-refractivity contribution in [3.63, 3.8) is 0 Å². The molecule has 17 heavy (non-hydrogen) atoms. The van der Waals surface area contributed by atoms with Gasteiger partial charge in [-0.05, 0) is 31.5 Å². The molecule has 1 atom stereocenters. The van der Waals surface area contributed by atoms with Crippen LogP contribution < -0.4 is 5.32 Å². The molecule has 92 valence electrons. The minimum atomic E-state index is -0.00235. The summed E-state index contributed by atoms with van der Waals surface area (Å²) in [5, 5.41) is 3.24. The summed E-state index contributed by atoms with van der Waals surface area (Å²) in [6.07, 6.45) is 3.78. The first-order valence-electron chi connectivity index (χ1n) is 6.23. The number of rotatable bonds is 4. The van der Waals surface area contributed by atoms with Crippen molar-refractivity contribution in [3.8, 4) is 0 Å². The second-order valence-corrected chi connectivity index (χ2v) is 4.33. The number of hydrogen-bond acceptors (Lipinski definition) is 3. The maximum absolute atomic E-state index is 12.2. The molecule has 2 heterocycles. The Kier molecular flexibility index (Phi) is 4.09. The van der Waals surface area contributed by atoms with Gasteiger partial charge in [0.05, 0.1) is 18.3 Å². The van der Waals surface area contributed by atoms with E-state index in [1.807, 2.05) is 30.0 Å². The molecule has 0 radical (unpaired) electrons. The van der Waals surface area contributed by atoms with Crippen molar-refractivity contribution < 1.29 is 4.79 Å². The molecule has 1 aliphatic heterocycles. The van der Waals surface area contributed by atoms with Crippen LogP contribution in [0.1, 0.15) is 25.5 Å². The molecular weight excluding hydrogens is 214 g/mol. The largest absolute Gasteiger partial charge is 0.335 e. The monoisotopic (exact) mass is 233 g/mol. The highest BCUT2D eigenvalue weighted by Gasteiger charge is 2.27. The zero-order chi connectivity index (χ0) is 12.1. The molecule has 2 rings (SSSR count). The minimum Gasteiger partial charge on any atom is -0.335 e. The van der Waals surface area contributed by atoms with Crippen LogP contribution in [0, 0.1) is 0 Å². The van der Waals surface area contributed by atoms with Crippen molar-refractivity contribution in [2.24, 2.45) is 0 Å². The number of nitrogens with zero attached hydrogens (tertiary/aromatic N) is 2. The Bertz CT molecular complexity index is 364. The fourth-order valence-electron chi connectivity index (χ4n) is 2.22. The van der Waals surface area contributed by atoms with Crippen molar-refractivity contribution in [1.82, 2.24) is 15.2 Å². The minimum absolute atomic E-state index is 0.00235. The third-order valence-electron chi connectivity index (χ3n) is 3.06. The van der Waals surface area contributed by atoms with Crippen LogP contribution in [0.3, 0.4) is 0 Å². The summed E-state index contributed by atoms with van der Waals surface area (Å²) in [5.41, 5.74) is 0.956. The zero-order valence-electron chi connectivity index (χ0n) is 10.2. The van der Waals surface area contributed by atoms with E-state index in [1.54, 1.807) is 6.20 Å². The maximum atomic E-state index is 12.2. The Morgan fingerprint density at radius 1 is 1.53 bits per heavy atom. The lowest BCUT2D eigenvalue weighted by molar-refractivity contribution is -0.136. The molecule has 1 unspecified atom stereocenters. The number of carbonyl (C=O) groups excluding carboxylic acids is 1. The number of likely N-dealkylation sites (N-methyl/N-ethyl adjacent to an activating group) is 1. The first-order chi connectivity index (χ1) is 8.31. The Hall–Kier alpha value is -1.42. The molecule has 0 bridgehead atoms. The van der Waals surface area contributed by atoms with Gasteiger partial charge in [0.15, 0.2) is 0 Å². The molecule has 1 N–H and O–H groups in total. The number of carbonyl (C=O) groups is 1. The number of nitrogens with one attached hydrogen (secondary N) is 1. The van der Waals surface area contributed by atoms with Gasteiger partial charge in [-0.3, -0.25) is 9.78 Å². The third-order valence-corrected chi connectivity index (χ3v) is 3.06. The predicted octanol–water partition coefficient (Wildman–Crippen LogP) is 1.18. The van der Waals surface area contributed by atoms with Gasteiger partial charge in [0.2, 0.25) is 5.91 Å². The number of pyridine rings is 1. The molecule has 1 aromatic heterocycles. The number of aromatic nitrogens is 1. The lowest BCUT2D eigenvalue weighted by Crippen LogP contribution is -2.50. The van der Waals surface area contributed by atoms with E-state index < -0.39 is 0 Å². The third kappa shape index (κ3) is 3.03. The van der Waals surface area contributed by atoms with E-state index in [0.717, 1.165) is 31.6 Å². The molecule has 0 aromatic carbocycles. The zero-order valence-corrected chi connectivity index (χ0v) is 10.2. The molecule has 1 aromatic rings. The first kappa shape index (κ1) is 12.0. The summed E-state index contributed by atoms with van der Waals surface area (Å²) in [6.45, 7) is 4.34. The number of piperidine rings is 1. The van der Waals surface area contributed by atoms with Crippen LogP contribution in [0.25, 0.3) is 0 Å². The highest BCUT2D eigenvalue weighted by Crippen LogP contribution is 2.14. The van der Waals surface area contributed by atoms with E-state index in [9.17, 15) is 4.79 Å². The van der Waals surface area contributed by atoms with Crippen LogP contribution in [-0.4, -0.2) is 34.9 Å². The molecular formula is C13H19N3O. The normalized spacial score (nSPS) is 20.6. The quantitative estimate of drug-likeness (QED) is 0.849. The van der Waals surface area contributed by atoms with Crippen LogP contribution in [0.5, 0.6) is 0 Å². The lowest BCUT2D eigenvalue weighted by Gasteiger charge is -2.32. The van der Waals surface area contributed by atoms with Gasteiger partial charge in [0.25, 0.3) is 0 Å². The van der Waals surface area contributed by atoms with Gasteiger partial charge in [-0.25, -0.2) is 0 Å². The highest BCUT2D eigenvalue weighted by atomic mass is 16.2. The van der Waals surface area contributed by atoms with Crippen molar-refractivity contribution in [1.29, 1.82) is 0 Å². The average molecular weight is 233 g/mol. The topological polar surface area (TPSA) is 45.2 Å². The molecule has 0 aliphatic carbocycles. The highest BCUT2D eigenvalue weighted by molar-refractivity contribution is 5.82. The maximum Gasteiger partial charge on any atom is 0.240 e. The Morgan fingerprint density at radius 3 is 3.12 bits per heavy atom. The molecule has 4 heteroatoms. The van der Waals surface area contributed by atoms with Crippen molar-refractivity contribution in [3.05, 3.63) is 30.1 Å². The van der Waals surface area contributed by atoms with Gasteiger partial charge >= 0.3 is 0 Å². The SMILES string of the molecule is CCNC1CCCN(Cc2ccccn2)C1=O. The summed E-state index contributed by atoms with van der Waals surface area (Å²) in [5.74, 6) is 0.212. The molecule has 1 amide bonds. The molecule has 4 nitrogen and oxygen atoms in total. The van der Waals surface area contributed by atoms with Crippen LogP contribution in [0.2, 0.25) is 0 Å². The Morgan fingerprint density at radius 2 is 2.41 bits per heavy atom. The number of hydrogen-bond donors (Lipinski definition) is 1. The summed E-state index contributed by atoms with van der Waals surface area (Å²) in [7, 11) is 0. The van der Waals surface area contributed by atoms with Crippen LogP contribution in [0.15, 0.2) is 24.4 Å². The van der Waals surface area contributed by atoms with Crippen LogP contribution in [0.4, 0.5) is 0 Å². The van der Waals surface area contributed by atoms with E-state index in [-0.39, 0.29) is 11.9 Å². The summed E-state index contributed by atoms with van der Waals surface area (Å²) >= 11 is 0. The van der Waals surface area contributed by atoms with Crippen molar-refractivity contribution in [2.75, 3.05) is 13.1 Å². The number of likely N-dealkylation sites (tertiary alicyclic amines) is 1. The summed E-state index contributed by atoms with van der Waals surface area (Å²) in [6, 6.07) is 5.81. The Balaban J connectivity index is 1.98. The van der Waals surface area contributed by atoms with Gasteiger partial charge in [0.1, 0.15) is 0 Å². The van der Waals surface area contributed by atoms with E-state index in [4.69, 9.17) is 0 Å². The fraction of sp³-hybridized carbons (Fsp3) is 0.538. The van der Waals surface area contributed by atoms with Gasteiger partial charge in [0, 0.05) is 12.7 Å². The molecule has 0 spiro atoms. The van der Waals surface area contributed by atoms with Crippen molar-refractivity contribution in [2.45, 2.75) is 32.4 Å². The second-order valence-electron chi connectivity index (χ2n) is 4.33. The van der Waals surface area contributed by atoms with Crippen LogP contribution in [-0.2, 0) is 11.3 Å². The molecule has 1 aliphatic rings. The first-order valence-corrected chi connectivity index (χ1v) is 6.23. The Labute approximate surface area is 102 Å². The summed E-state index contributed by atoms with van der Waals surface area (Å²) < 4.78 is 0.